The molecule has 0 atom stereocenters. The molecule has 1 aromatic carbocycles. The third kappa shape index (κ3) is 3.19. The zero-order valence-corrected chi connectivity index (χ0v) is 15.8. The van der Waals surface area contributed by atoms with E-state index in [0.29, 0.717) is 16.9 Å². The summed E-state index contributed by atoms with van der Waals surface area (Å²) in [6.07, 6.45) is -1.09. The van der Waals surface area contributed by atoms with E-state index in [2.05, 4.69) is 15.3 Å². The molecule has 152 valence electrons. The minimum atomic E-state index is -4.44. The maximum atomic E-state index is 12.7. The summed E-state index contributed by atoms with van der Waals surface area (Å²) in [4.78, 5) is 20.0. The summed E-state index contributed by atoms with van der Waals surface area (Å²) in [6, 6.07) is 11.1. The fourth-order valence-electron chi connectivity index (χ4n) is 3.90. The van der Waals surface area contributed by atoms with Gasteiger partial charge in [-0.3, -0.25) is 14.3 Å². The minimum absolute atomic E-state index is 0.286. The van der Waals surface area contributed by atoms with E-state index in [9.17, 15) is 18.0 Å². The van der Waals surface area contributed by atoms with Crippen LogP contribution < -0.4 is 10.9 Å². The molecule has 5 rings (SSSR count). The van der Waals surface area contributed by atoms with Crippen LogP contribution in [-0.2, 0) is 19.1 Å². The SMILES string of the molecule is O=c1cc(-c2ccc(C(F)(F)F)cn2)ccn1-c1ccc2c3c([nH]c2c1)CNCC3. The quantitative estimate of drug-likeness (QED) is 0.524. The van der Waals surface area contributed by atoms with Crippen molar-refractivity contribution in [1.82, 2.24) is 19.9 Å². The molecule has 0 amide bonds. The van der Waals surface area contributed by atoms with Crippen molar-refractivity contribution in [2.24, 2.45) is 0 Å². The van der Waals surface area contributed by atoms with Gasteiger partial charge in [0, 0.05) is 47.2 Å². The number of aromatic amines is 1. The smallest absolute Gasteiger partial charge is 0.357 e. The number of rotatable bonds is 2. The van der Waals surface area contributed by atoms with Gasteiger partial charge in [-0.1, -0.05) is 6.07 Å². The highest BCUT2D eigenvalue weighted by Gasteiger charge is 2.30. The molecule has 30 heavy (non-hydrogen) atoms. The van der Waals surface area contributed by atoms with Crippen LogP contribution in [-0.4, -0.2) is 21.1 Å². The first-order chi connectivity index (χ1) is 14.4. The van der Waals surface area contributed by atoms with E-state index >= 15 is 0 Å². The molecule has 0 saturated carbocycles. The lowest BCUT2D eigenvalue weighted by molar-refractivity contribution is -0.137. The number of H-pyrrole nitrogens is 1. The average molecular weight is 410 g/mol. The number of nitrogens with one attached hydrogen (secondary N) is 2. The van der Waals surface area contributed by atoms with Crippen LogP contribution >= 0.6 is 0 Å². The number of benzene rings is 1. The van der Waals surface area contributed by atoms with Gasteiger partial charge in [0.25, 0.3) is 5.56 Å². The summed E-state index contributed by atoms with van der Waals surface area (Å²) < 4.78 is 39.6. The Balaban J connectivity index is 1.50. The van der Waals surface area contributed by atoms with E-state index in [0.717, 1.165) is 42.7 Å². The lowest BCUT2D eigenvalue weighted by Gasteiger charge is -2.12. The van der Waals surface area contributed by atoms with Crippen molar-refractivity contribution in [2.75, 3.05) is 6.54 Å². The lowest BCUT2D eigenvalue weighted by Crippen LogP contribution is -2.22. The monoisotopic (exact) mass is 410 g/mol. The van der Waals surface area contributed by atoms with Gasteiger partial charge in [0.2, 0.25) is 0 Å². The van der Waals surface area contributed by atoms with E-state index in [1.54, 1.807) is 12.3 Å². The van der Waals surface area contributed by atoms with Crippen LogP contribution in [0.4, 0.5) is 13.2 Å². The van der Waals surface area contributed by atoms with Crippen molar-refractivity contribution < 1.29 is 13.2 Å². The third-order valence-corrected chi connectivity index (χ3v) is 5.42. The normalized spacial score (nSPS) is 14.1. The summed E-state index contributed by atoms with van der Waals surface area (Å²) >= 11 is 0. The standard InChI is InChI=1S/C22H17F3N4O/c23-22(24,25)14-1-4-18(27-11-14)13-6-8-29(21(30)9-13)15-2-3-16-17-5-7-26-12-20(17)28-19(16)10-15/h1-4,6,8-11,26,28H,5,7,12H2. The first-order valence-corrected chi connectivity index (χ1v) is 9.51. The van der Waals surface area contributed by atoms with Crippen LogP contribution in [0.15, 0.2) is 59.7 Å². The van der Waals surface area contributed by atoms with Crippen molar-refractivity contribution in [3.05, 3.63) is 82.0 Å². The Kier molecular flexibility index (Phi) is 4.25. The Hall–Kier alpha value is -3.39. The summed E-state index contributed by atoms with van der Waals surface area (Å²) in [5.41, 5.74) is 3.84. The van der Waals surface area contributed by atoms with E-state index in [4.69, 9.17) is 0 Å². The molecular formula is C22H17F3N4O. The number of hydrogen-bond donors (Lipinski definition) is 2. The van der Waals surface area contributed by atoms with Crippen molar-refractivity contribution in [2.45, 2.75) is 19.1 Å². The van der Waals surface area contributed by atoms with Gasteiger partial charge in [-0.25, -0.2) is 0 Å². The Bertz CT molecular complexity index is 1300. The summed E-state index contributed by atoms with van der Waals surface area (Å²) in [6.45, 7) is 1.74. The van der Waals surface area contributed by atoms with Crippen LogP contribution in [0.25, 0.3) is 27.8 Å². The van der Waals surface area contributed by atoms with Crippen LogP contribution in [0.2, 0.25) is 0 Å². The first kappa shape index (κ1) is 18.6. The number of halogens is 3. The van der Waals surface area contributed by atoms with Gasteiger partial charge in [-0.05, 0) is 48.9 Å². The third-order valence-electron chi connectivity index (χ3n) is 5.42. The Morgan fingerprint density at radius 3 is 2.67 bits per heavy atom. The molecule has 5 nitrogen and oxygen atoms in total. The van der Waals surface area contributed by atoms with E-state index in [1.165, 1.54) is 28.0 Å². The molecule has 4 aromatic rings. The highest BCUT2D eigenvalue weighted by atomic mass is 19.4. The van der Waals surface area contributed by atoms with Crippen molar-refractivity contribution in [3.8, 4) is 16.9 Å². The second-order valence-corrected chi connectivity index (χ2v) is 7.29. The highest BCUT2D eigenvalue weighted by molar-refractivity contribution is 5.86. The summed E-state index contributed by atoms with van der Waals surface area (Å²) in [5.74, 6) is 0. The zero-order chi connectivity index (χ0) is 20.9. The maximum absolute atomic E-state index is 12.7. The van der Waals surface area contributed by atoms with Gasteiger partial charge < -0.3 is 10.3 Å². The molecule has 1 aliphatic rings. The maximum Gasteiger partial charge on any atom is 0.417 e. The molecule has 3 aromatic heterocycles. The number of hydrogen-bond acceptors (Lipinski definition) is 3. The topological polar surface area (TPSA) is 62.7 Å². The predicted octanol–water partition coefficient (Wildman–Crippen LogP) is 4.05. The molecular weight excluding hydrogens is 393 g/mol. The Morgan fingerprint density at radius 2 is 1.93 bits per heavy atom. The van der Waals surface area contributed by atoms with Crippen molar-refractivity contribution in [3.63, 3.8) is 0 Å². The highest BCUT2D eigenvalue weighted by Crippen LogP contribution is 2.30. The zero-order valence-electron chi connectivity index (χ0n) is 15.8. The molecule has 8 heteroatoms. The first-order valence-electron chi connectivity index (χ1n) is 9.51. The molecule has 0 aliphatic carbocycles. The minimum Gasteiger partial charge on any atom is -0.357 e. The summed E-state index contributed by atoms with van der Waals surface area (Å²) in [7, 11) is 0. The van der Waals surface area contributed by atoms with Gasteiger partial charge in [-0.2, -0.15) is 13.2 Å². The molecule has 1 aliphatic heterocycles. The van der Waals surface area contributed by atoms with Gasteiger partial charge in [0.1, 0.15) is 0 Å². The largest absolute Gasteiger partial charge is 0.417 e. The number of alkyl halides is 3. The molecule has 0 bridgehead atoms. The second kappa shape index (κ2) is 6.84. The number of nitrogens with zero attached hydrogens (tertiary/aromatic N) is 2. The molecule has 0 radical (unpaired) electrons. The Labute approximate surface area is 169 Å². The van der Waals surface area contributed by atoms with E-state index in [-0.39, 0.29) is 5.56 Å². The fourth-order valence-corrected chi connectivity index (χ4v) is 3.90. The lowest BCUT2D eigenvalue weighted by atomic mass is 10.0. The predicted molar refractivity (Wildman–Crippen MR) is 108 cm³/mol. The molecule has 2 N–H and O–H groups in total. The van der Waals surface area contributed by atoms with Crippen LogP contribution in [0, 0.1) is 0 Å². The summed E-state index contributed by atoms with van der Waals surface area (Å²) in [5, 5.41) is 4.50. The van der Waals surface area contributed by atoms with E-state index in [1.807, 2.05) is 18.2 Å². The number of pyridine rings is 2. The van der Waals surface area contributed by atoms with Crippen molar-refractivity contribution >= 4 is 10.9 Å². The van der Waals surface area contributed by atoms with Crippen LogP contribution in [0.5, 0.6) is 0 Å². The fraction of sp³-hybridized carbons (Fsp3) is 0.182. The number of fused-ring (bicyclic) bond motifs is 3. The van der Waals surface area contributed by atoms with Gasteiger partial charge in [0.15, 0.2) is 0 Å². The molecule has 0 spiro atoms. The number of aromatic nitrogens is 3. The molecule has 0 unspecified atom stereocenters. The molecule has 0 saturated heterocycles. The average Bonchev–Trinajstić information content (AvgIpc) is 3.11. The second-order valence-electron chi connectivity index (χ2n) is 7.29. The Morgan fingerprint density at radius 1 is 1.07 bits per heavy atom. The van der Waals surface area contributed by atoms with Gasteiger partial charge in [-0.15, -0.1) is 0 Å². The van der Waals surface area contributed by atoms with Crippen molar-refractivity contribution in [1.29, 1.82) is 0 Å². The van der Waals surface area contributed by atoms with Crippen LogP contribution in [0.3, 0.4) is 0 Å². The van der Waals surface area contributed by atoms with Gasteiger partial charge >= 0.3 is 6.18 Å². The molecule has 4 heterocycles. The van der Waals surface area contributed by atoms with Crippen LogP contribution in [0.1, 0.15) is 16.8 Å². The van der Waals surface area contributed by atoms with E-state index < -0.39 is 11.7 Å². The van der Waals surface area contributed by atoms with Gasteiger partial charge in [0.05, 0.1) is 16.9 Å². The molecule has 0 fully saturated rings.